The van der Waals surface area contributed by atoms with Gasteiger partial charge in [0.15, 0.2) is 0 Å². The Hall–Kier alpha value is -2.63. The zero-order valence-electron chi connectivity index (χ0n) is 12.6. The molecule has 0 aliphatic heterocycles. The van der Waals surface area contributed by atoms with Gasteiger partial charge in [-0.1, -0.05) is 12.1 Å². The molecule has 1 aromatic heterocycles. The van der Waals surface area contributed by atoms with Gasteiger partial charge in [-0.25, -0.2) is 4.79 Å². The molecule has 2 rings (SSSR count). The van der Waals surface area contributed by atoms with Gasteiger partial charge in [-0.2, -0.15) is 5.10 Å². The first-order valence-corrected chi connectivity index (χ1v) is 7.13. The minimum absolute atomic E-state index is 0.207. The van der Waals surface area contributed by atoms with Crippen LogP contribution in [0.4, 0.5) is 0 Å². The standard InChI is InChI=1S/C16H19N3O3/c1-11(2)19-10-8-14(18-19)15(20)17-9-7-12-3-5-13(6-4-12)16(21)22/h3-6,8,10-11H,7,9H2,1-2H3,(H,17,20)(H,21,22). The molecule has 0 saturated heterocycles. The van der Waals surface area contributed by atoms with E-state index in [9.17, 15) is 9.59 Å². The number of benzene rings is 1. The number of aromatic nitrogens is 2. The Bertz CT molecular complexity index is 660. The number of hydrogen-bond donors (Lipinski definition) is 2. The van der Waals surface area contributed by atoms with Gasteiger partial charge in [-0.3, -0.25) is 9.48 Å². The Morgan fingerprint density at radius 1 is 1.23 bits per heavy atom. The molecular formula is C16H19N3O3. The maximum absolute atomic E-state index is 11.9. The third-order valence-electron chi connectivity index (χ3n) is 3.27. The molecule has 22 heavy (non-hydrogen) atoms. The van der Waals surface area contributed by atoms with Crippen molar-refractivity contribution in [3.63, 3.8) is 0 Å². The van der Waals surface area contributed by atoms with Crippen molar-refractivity contribution in [2.75, 3.05) is 6.54 Å². The number of rotatable bonds is 6. The van der Waals surface area contributed by atoms with Crippen molar-refractivity contribution in [2.45, 2.75) is 26.3 Å². The SMILES string of the molecule is CC(C)n1ccc(C(=O)NCCc2ccc(C(=O)O)cc2)n1. The summed E-state index contributed by atoms with van der Waals surface area (Å²) in [5.74, 6) is -1.15. The number of aromatic carboxylic acids is 1. The van der Waals surface area contributed by atoms with Gasteiger partial charge in [0.2, 0.25) is 0 Å². The molecule has 0 radical (unpaired) electrons. The van der Waals surface area contributed by atoms with Crippen molar-refractivity contribution in [1.29, 1.82) is 0 Å². The Morgan fingerprint density at radius 2 is 1.91 bits per heavy atom. The van der Waals surface area contributed by atoms with Crippen LogP contribution in [0.1, 0.15) is 46.3 Å². The lowest BCUT2D eigenvalue weighted by atomic mass is 10.1. The van der Waals surface area contributed by atoms with Crippen LogP contribution in [0.3, 0.4) is 0 Å². The normalized spacial score (nSPS) is 10.7. The van der Waals surface area contributed by atoms with Crippen molar-refractivity contribution in [2.24, 2.45) is 0 Å². The van der Waals surface area contributed by atoms with E-state index in [1.54, 1.807) is 41.2 Å². The number of amides is 1. The largest absolute Gasteiger partial charge is 0.478 e. The molecule has 0 bridgehead atoms. The Morgan fingerprint density at radius 3 is 2.45 bits per heavy atom. The summed E-state index contributed by atoms with van der Waals surface area (Å²) < 4.78 is 1.74. The molecule has 1 amide bonds. The molecule has 0 saturated carbocycles. The van der Waals surface area contributed by atoms with E-state index in [-0.39, 0.29) is 17.5 Å². The summed E-state index contributed by atoms with van der Waals surface area (Å²) in [7, 11) is 0. The fraction of sp³-hybridized carbons (Fsp3) is 0.312. The third-order valence-corrected chi connectivity index (χ3v) is 3.27. The van der Waals surface area contributed by atoms with Gasteiger partial charge in [-0.15, -0.1) is 0 Å². The molecule has 2 aromatic rings. The smallest absolute Gasteiger partial charge is 0.335 e. The highest BCUT2D eigenvalue weighted by Gasteiger charge is 2.10. The highest BCUT2D eigenvalue weighted by atomic mass is 16.4. The monoisotopic (exact) mass is 301 g/mol. The van der Waals surface area contributed by atoms with E-state index in [1.165, 1.54) is 0 Å². The lowest BCUT2D eigenvalue weighted by Gasteiger charge is -2.05. The minimum Gasteiger partial charge on any atom is -0.478 e. The minimum atomic E-state index is -0.944. The molecule has 2 N–H and O–H groups in total. The van der Waals surface area contributed by atoms with Crippen molar-refractivity contribution in [3.05, 3.63) is 53.3 Å². The van der Waals surface area contributed by atoms with E-state index in [2.05, 4.69) is 10.4 Å². The van der Waals surface area contributed by atoms with Gasteiger partial charge in [0.25, 0.3) is 5.91 Å². The number of carbonyl (C=O) groups excluding carboxylic acids is 1. The Kier molecular flexibility index (Phi) is 4.93. The molecule has 0 spiro atoms. The van der Waals surface area contributed by atoms with Gasteiger partial charge in [0, 0.05) is 18.8 Å². The van der Waals surface area contributed by atoms with Crippen LogP contribution in [0.15, 0.2) is 36.5 Å². The maximum Gasteiger partial charge on any atom is 0.335 e. The second-order valence-electron chi connectivity index (χ2n) is 5.28. The number of nitrogens with one attached hydrogen (secondary N) is 1. The van der Waals surface area contributed by atoms with Crippen LogP contribution in [0.25, 0.3) is 0 Å². The summed E-state index contributed by atoms with van der Waals surface area (Å²) in [6, 6.07) is 8.53. The van der Waals surface area contributed by atoms with Crippen LogP contribution in [-0.4, -0.2) is 33.3 Å². The molecule has 0 aliphatic rings. The number of carbonyl (C=O) groups is 2. The molecule has 6 heteroatoms. The summed E-state index contributed by atoms with van der Waals surface area (Å²) in [4.78, 5) is 22.7. The molecule has 0 aliphatic carbocycles. The topological polar surface area (TPSA) is 84.2 Å². The molecule has 0 atom stereocenters. The van der Waals surface area contributed by atoms with E-state index >= 15 is 0 Å². The average molecular weight is 301 g/mol. The van der Waals surface area contributed by atoms with E-state index < -0.39 is 5.97 Å². The van der Waals surface area contributed by atoms with Crippen LogP contribution in [-0.2, 0) is 6.42 Å². The number of carboxylic acid groups (broad SMARTS) is 1. The van der Waals surface area contributed by atoms with E-state index in [4.69, 9.17) is 5.11 Å². The first-order valence-electron chi connectivity index (χ1n) is 7.13. The first-order chi connectivity index (χ1) is 10.5. The van der Waals surface area contributed by atoms with Crippen molar-refractivity contribution in [3.8, 4) is 0 Å². The Labute approximate surface area is 128 Å². The molecule has 1 aromatic carbocycles. The number of carboxylic acids is 1. The molecule has 116 valence electrons. The lowest BCUT2D eigenvalue weighted by molar-refractivity contribution is 0.0696. The van der Waals surface area contributed by atoms with Crippen molar-refractivity contribution < 1.29 is 14.7 Å². The molecule has 0 unspecified atom stereocenters. The fourth-order valence-corrected chi connectivity index (χ4v) is 1.97. The van der Waals surface area contributed by atoms with Gasteiger partial charge < -0.3 is 10.4 Å². The van der Waals surface area contributed by atoms with Crippen LogP contribution < -0.4 is 5.32 Å². The van der Waals surface area contributed by atoms with Gasteiger partial charge in [0.05, 0.1) is 5.56 Å². The summed E-state index contributed by atoms with van der Waals surface area (Å²) in [6.45, 7) is 4.46. The lowest BCUT2D eigenvalue weighted by Crippen LogP contribution is -2.26. The molecule has 6 nitrogen and oxygen atoms in total. The molecule has 0 fully saturated rings. The van der Waals surface area contributed by atoms with Gasteiger partial charge >= 0.3 is 5.97 Å². The second-order valence-corrected chi connectivity index (χ2v) is 5.28. The maximum atomic E-state index is 11.9. The zero-order valence-corrected chi connectivity index (χ0v) is 12.6. The number of nitrogens with zero attached hydrogens (tertiary/aromatic N) is 2. The van der Waals surface area contributed by atoms with E-state index in [0.29, 0.717) is 18.7 Å². The van der Waals surface area contributed by atoms with Gasteiger partial charge in [-0.05, 0) is 44.0 Å². The first kappa shape index (κ1) is 15.8. The Balaban J connectivity index is 1.84. The summed E-state index contributed by atoms with van der Waals surface area (Å²) >= 11 is 0. The van der Waals surface area contributed by atoms with Crippen LogP contribution in [0.2, 0.25) is 0 Å². The quantitative estimate of drug-likeness (QED) is 0.856. The highest BCUT2D eigenvalue weighted by molar-refractivity contribution is 5.92. The summed E-state index contributed by atoms with van der Waals surface area (Å²) in [5.41, 5.74) is 1.62. The van der Waals surface area contributed by atoms with Gasteiger partial charge in [0.1, 0.15) is 5.69 Å². The third kappa shape index (κ3) is 3.94. The number of hydrogen-bond acceptors (Lipinski definition) is 3. The highest BCUT2D eigenvalue weighted by Crippen LogP contribution is 2.06. The second kappa shape index (κ2) is 6.89. The summed E-state index contributed by atoms with van der Waals surface area (Å²) in [5, 5.41) is 15.8. The average Bonchev–Trinajstić information content (AvgIpc) is 2.98. The zero-order chi connectivity index (χ0) is 16.1. The summed E-state index contributed by atoms with van der Waals surface area (Å²) in [6.07, 6.45) is 2.42. The predicted octanol–water partition coefficient (Wildman–Crippen LogP) is 2.13. The van der Waals surface area contributed by atoms with E-state index in [0.717, 1.165) is 5.56 Å². The molecular weight excluding hydrogens is 282 g/mol. The van der Waals surface area contributed by atoms with Crippen LogP contribution in [0, 0.1) is 0 Å². The molecule has 1 heterocycles. The predicted molar refractivity (Wildman–Crippen MR) is 82.1 cm³/mol. The van der Waals surface area contributed by atoms with Crippen molar-refractivity contribution in [1.82, 2.24) is 15.1 Å². The fourth-order valence-electron chi connectivity index (χ4n) is 1.97. The van der Waals surface area contributed by atoms with Crippen LogP contribution in [0.5, 0.6) is 0 Å². The van der Waals surface area contributed by atoms with Crippen LogP contribution >= 0.6 is 0 Å². The van der Waals surface area contributed by atoms with Crippen molar-refractivity contribution >= 4 is 11.9 Å². The van der Waals surface area contributed by atoms with E-state index in [1.807, 2.05) is 13.8 Å².